The third-order valence-electron chi connectivity index (χ3n) is 4.69. The molecule has 14 heteroatoms. The molecular weight excluding hydrogens is 454 g/mol. The lowest BCUT2D eigenvalue weighted by Gasteiger charge is -2.34. The smallest absolute Gasteiger partial charge is 0.407 e. The van der Waals surface area contributed by atoms with Gasteiger partial charge in [-0.05, 0) is 20.5 Å². The molecule has 3 amide bonds. The van der Waals surface area contributed by atoms with E-state index in [0.717, 1.165) is 14.7 Å². The first-order valence-corrected chi connectivity index (χ1v) is 11.0. The Morgan fingerprint density at radius 1 is 0.735 bits per heavy atom. The van der Waals surface area contributed by atoms with Gasteiger partial charge >= 0.3 is 24.2 Å². The van der Waals surface area contributed by atoms with Gasteiger partial charge in [-0.25, -0.2) is 14.4 Å². The first-order valence-electron chi connectivity index (χ1n) is 11.0. The van der Waals surface area contributed by atoms with Crippen LogP contribution in [0.5, 0.6) is 0 Å². The average Bonchev–Trinajstić information content (AvgIpc) is 2.76. The molecule has 1 atom stereocenters. The van der Waals surface area contributed by atoms with Crippen molar-refractivity contribution < 1.29 is 44.4 Å². The fourth-order valence-electron chi connectivity index (χ4n) is 3.00. The van der Waals surface area contributed by atoms with Gasteiger partial charge in [0.25, 0.3) is 0 Å². The highest BCUT2D eigenvalue weighted by Gasteiger charge is 2.28. The van der Waals surface area contributed by atoms with Crippen LogP contribution in [0, 0.1) is 0 Å². The minimum atomic E-state index is -1.29. The van der Waals surface area contributed by atoms with Crippen molar-refractivity contribution in [1.29, 1.82) is 0 Å². The molecule has 34 heavy (non-hydrogen) atoms. The van der Waals surface area contributed by atoms with E-state index in [0.29, 0.717) is 6.29 Å². The van der Waals surface area contributed by atoms with Gasteiger partial charge < -0.3 is 45.2 Å². The van der Waals surface area contributed by atoms with Crippen LogP contribution in [0.3, 0.4) is 0 Å². The van der Waals surface area contributed by atoms with E-state index >= 15 is 0 Å². The van der Waals surface area contributed by atoms with Gasteiger partial charge in [0, 0.05) is 58.8 Å². The number of hydrogen-bond acceptors (Lipinski definition) is 7. The van der Waals surface area contributed by atoms with Crippen LogP contribution < -0.4 is 5.32 Å². The molecule has 0 bridgehead atoms. The maximum absolute atomic E-state index is 11.6. The van der Waals surface area contributed by atoms with Crippen molar-refractivity contribution in [2.24, 2.45) is 0 Å². The van der Waals surface area contributed by atoms with Crippen LogP contribution in [0.15, 0.2) is 0 Å². The van der Waals surface area contributed by atoms with Crippen LogP contribution in [-0.4, -0.2) is 143 Å². The fourth-order valence-corrected chi connectivity index (χ4v) is 3.00. The molecule has 0 aromatic carbocycles. The van der Waals surface area contributed by atoms with Crippen LogP contribution in [-0.2, 0) is 9.59 Å². The standard InChI is InChI=1S/C16H26N4O9.C2H7N.C2H6/c21-11-1-2-12(13(22)23)17-3-5-18(14(24)25)7-9-20(16(28)29)10-8-19(6-4-17)15(26)27;1-3-2;1-2/h11-12H,1-10H2,(H,22,23)(H,24,25)(H,26,27)(H,28,29);3H,1-2H3;1-2H3. The van der Waals surface area contributed by atoms with Crippen LogP contribution in [0.1, 0.15) is 26.7 Å². The molecule has 14 nitrogen and oxygen atoms in total. The predicted octanol–water partition coefficient (Wildman–Crippen LogP) is 0.536. The zero-order chi connectivity index (χ0) is 26.7. The van der Waals surface area contributed by atoms with E-state index in [4.69, 9.17) is 0 Å². The first-order chi connectivity index (χ1) is 16.1. The second kappa shape index (κ2) is 19.3. The Bertz CT molecular complexity index is 606. The molecule has 0 aliphatic carbocycles. The van der Waals surface area contributed by atoms with E-state index < -0.39 is 30.3 Å². The second-order valence-electron chi connectivity index (χ2n) is 6.94. The molecule has 1 unspecified atom stereocenters. The minimum Gasteiger partial charge on any atom is -0.480 e. The number of amides is 3. The SMILES string of the molecule is CC.CNC.O=CCCC(C(=O)O)N1CCN(C(=O)O)CCN(C(=O)O)CCN(C(=O)O)CC1. The van der Waals surface area contributed by atoms with Crippen molar-refractivity contribution in [3.05, 3.63) is 0 Å². The topological polar surface area (TPSA) is 191 Å². The number of rotatable bonds is 5. The quantitative estimate of drug-likeness (QED) is 0.336. The molecule has 1 aliphatic heterocycles. The highest BCUT2D eigenvalue weighted by molar-refractivity contribution is 5.74. The molecule has 5 N–H and O–H groups in total. The van der Waals surface area contributed by atoms with E-state index in [9.17, 15) is 44.4 Å². The largest absolute Gasteiger partial charge is 0.480 e. The maximum atomic E-state index is 11.6. The van der Waals surface area contributed by atoms with Gasteiger partial charge in [-0.2, -0.15) is 0 Å². The van der Waals surface area contributed by atoms with Gasteiger partial charge in [-0.3, -0.25) is 9.69 Å². The maximum Gasteiger partial charge on any atom is 0.407 e. The summed E-state index contributed by atoms with van der Waals surface area (Å²) in [7, 11) is 3.75. The number of carbonyl (C=O) groups is 5. The fraction of sp³-hybridized carbons (Fsp3) is 0.750. The third-order valence-corrected chi connectivity index (χ3v) is 4.69. The number of carbonyl (C=O) groups excluding carboxylic acids is 1. The van der Waals surface area contributed by atoms with Crippen molar-refractivity contribution in [3.8, 4) is 0 Å². The molecule has 0 spiro atoms. The normalized spacial score (nSPS) is 16.3. The molecule has 1 rings (SSSR count). The van der Waals surface area contributed by atoms with Crippen LogP contribution in [0.2, 0.25) is 0 Å². The molecule has 1 fully saturated rings. The summed E-state index contributed by atoms with van der Waals surface area (Å²) in [6.45, 7) is 3.20. The monoisotopic (exact) mass is 493 g/mol. The average molecular weight is 494 g/mol. The Morgan fingerprint density at radius 2 is 1.03 bits per heavy atom. The van der Waals surface area contributed by atoms with Crippen molar-refractivity contribution in [1.82, 2.24) is 24.9 Å². The number of carboxylic acid groups (broad SMARTS) is 4. The van der Waals surface area contributed by atoms with Crippen molar-refractivity contribution in [2.45, 2.75) is 32.7 Å². The van der Waals surface area contributed by atoms with Gasteiger partial charge in [0.15, 0.2) is 0 Å². The van der Waals surface area contributed by atoms with Crippen molar-refractivity contribution in [3.63, 3.8) is 0 Å². The number of nitrogens with zero attached hydrogens (tertiary/aromatic N) is 4. The molecule has 0 radical (unpaired) electrons. The summed E-state index contributed by atoms with van der Waals surface area (Å²) < 4.78 is 0. The zero-order valence-corrected chi connectivity index (χ0v) is 20.3. The van der Waals surface area contributed by atoms with Crippen LogP contribution in [0.25, 0.3) is 0 Å². The number of aliphatic carboxylic acids is 1. The molecule has 198 valence electrons. The molecule has 0 saturated carbocycles. The summed E-state index contributed by atoms with van der Waals surface area (Å²) in [6, 6.07) is -1.08. The van der Waals surface area contributed by atoms with Gasteiger partial charge in [0.2, 0.25) is 0 Å². The highest BCUT2D eigenvalue weighted by atomic mass is 16.4. The second-order valence-corrected chi connectivity index (χ2v) is 6.94. The summed E-state index contributed by atoms with van der Waals surface area (Å²) in [5.74, 6) is -1.19. The lowest BCUT2D eigenvalue weighted by atomic mass is 10.1. The van der Waals surface area contributed by atoms with E-state index in [1.807, 2.05) is 27.9 Å². The molecule has 1 saturated heterocycles. The van der Waals surface area contributed by atoms with Crippen molar-refractivity contribution >= 4 is 30.5 Å². The minimum absolute atomic E-state index is 0.00572. The summed E-state index contributed by atoms with van der Waals surface area (Å²) in [5, 5.41) is 40.2. The van der Waals surface area contributed by atoms with E-state index in [-0.39, 0.29) is 65.2 Å². The molecule has 0 aromatic heterocycles. The van der Waals surface area contributed by atoms with E-state index in [1.165, 1.54) is 4.90 Å². The van der Waals surface area contributed by atoms with E-state index in [2.05, 4.69) is 5.32 Å². The Kier molecular flexibility index (Phi) is 18.8. The van der Waals surface area contributed by atoms with Gasteiger partial charge in [0.05, 0.1) is 0 Å². The lowest BCUT2D eigenvalue weighted by Crippen LogP contribution is -2.52. The third kappa shape index (κ3) is 13.4. The zero-order valence-electron chi connectivity index (χ0n) is 20.3. The van der Waals surface area contributed by atoms with Gasteiger partial charge in [-0.1, -0.05) is 13.8 Å². The number of nitrogens with one attached hydrogen (secondary N) is 1. The summed E-state index contributed by atoms with van der Waals surface area (Å²) in [4.78, 5) is 60.9. The predicted molar refractivity (Wildman–Crippen MR) is 123 cm³/mol. The summed E-state index contributed by atoms with van der Waals surface area (Å²) in [5.41, 5.74) is 0. The lowest BCUT2D eigenvalue weighted by molar-refractivity contribution is -0.143. The Labute approximate surface area is 199 Å². The number of hydrogen-bond donors (Lipinski definition) is 5. The summed E-state index contributed by atoms with van der Waals surface area (Å²) in [6.07, 6.45) is -3.27. The first kappa shape index (κ1) is 33.0. The Morgan fingerprint density at radius 3 is 1.26 bits per heavy atom. The van der Waals surface area contributed by atoms with Crippen LogP contribution >= 0.6 is 0 Å². The number of carboxylic acids is 1. The Hall–Kier alpha value is -3.13. The van der Waals surface area contributed by atoms with E-state index in [1.54, 1.807) is 0 Å². The molecular formula is C20H39N5O9. The van der Waals surface area contributed by atoms with Crippen LogP contribution in [0.4, 0.5) is 14.4 Å². The molecule has 1 heterocycles. The highest BCUT2D eigenvalue weighted by Crippen LogP contribution is 2.10. The molecule has 0 aromatic rings. The summed E-state index contributed by atoms with van der Waals surface area (Å²) >= 11 is 0. The number of aldehydes is 1. The van der Waals surface area contributed by atoms with Gasteiger partial charge in [0.1, 0.15) is 12.3 Å². The van der Waals surface area contributed by atoms with Gasteiger partial charge in [-0.15, -0.1) is 0 Å². The Balaban J connectivity index is 0. The molecule has 1 aliphatic rings. The van der Waals surface area contributed by atoms with Crippen molar-refractivity contribution in [2.75, 3.05) is 66.5 Å².